The van der Waals surface area contributed by atoms with Gasteiger partial charge in [-0.15, -0.1) is 0 Å². The van der Waals surface area contributed by atoms with Crippen LogP contribution in [0.5, 0.6) is 5.75 Å². The molecule has 1 aliphatic heterocycles. The van der Waals surface area contributed by atoms with Crippen LogP contribution in [0.2, 0.25) is 0 Å². The second-order valence-electron chi connectivity index (χ2n) is 5.35. The minimum Gasteiger partial charge on any atom is -0.489 e. The fourth-order valence-electron chi connectivity index (χ4n) is 2.44. The molecule has 7 heteroatoms. The molecule has 0 N–H and O–H groups in total. The summed E-state index contributed by atoms with van der Waals surface area (Å²) < 4.78 is 36.3. The zero-order valence-corrected chi connectivity index (χ0v) is 12.1. The van der Waals surface area contributed by atoms with Gasteiger partial charge in [0.1, 0.15) is 17.6 Å². The predicted molar refractivity (Wildman–Crippen MR) is 72.3 cm³/mol. The lowest BCUT2D eigenvalue weighted by atomic mass is 10.3. The average molecular weight is 299 g/mol. The molecule has 3 rings (SSSR count). The Balaban J connectivity index is 1.67. The molecule has 1 aromatic heterocycles. The smallest absolute Gasteiger partial charge is 0.339 e. The highest BCUT2D eigenvalue weighted by molar-refractivity contribution is 7.90. The summed E-state index contributed by atoms with van der Waals surface area (Å²) in [6.45, 7) is 2.52. The number of hydrogen-bond acceptors (Lipinski definition) is 5. The van der Waals surface area contributed by atoms with Crippen LogP contribution in [0.1, 0.15) is 25.0 Å². The van der Waals surface area contributed by atoms with Crippen LogP contribution in [0.15, 0.2) is 21.3 Å². The lowest BCUT2D eigenvalue weighted by Crippen LogP contribution is -2.33. The van der Waals surface area contributed by atoms with Crippen molar-refractivity contribution in [1.82, 2.24) is 4.31 Å². The van der Waals surface area contributed by atoms with Gasteiger partial charge in [0.15, 0.2) is 0 Å². The number of aryl methyl sites for hydroxylation is 1. The van der Waals surface area contributed by atoms with Crippen LogP contribution in [0.4, 0.5) is 0 Å². The Morgan fingerprint density at radius 1 is 1.30 bits per heavy atom. The number of ether oxygens (including phenoxy) is 1. The predicted octanol–water partition coefficient (Wildman–Crippen LogP) is 0.894. The molecule has 20 heavy (non-hydrogen) atoms. The van der Waals surface area contributed by atoms with E-state index in [1.54, 1.807) is 13.0 Å². The molecule has 2 fully saturated rings. The van der Waals surface area contributed by atoms with Crippen LogP contribution in [0.3, 0.4) is 0 Å². The largest absolute Gasteiger partial charge is 0.489 e. The first-order chi connectivity index (χ1) is 9.45. The summed E-state index contributed by atoms with van der Waals surface area (Å²) in [5, 5.41) is -0.188. The van der Waals surface area contributed by atoms with E-state index in [0.29, 0.717) is 31.0 Å². The van der Waals surface area contributed by atoms with Gasteiger partial charge in [-0.1, -0.05) is 0 Å². The topological polar surface area (TPSA) is 76.8 Å². The maximum Gasteiger partial charge on any atom is 0.339 e. The summed E-state index contributed by atoms with van der Waals surface area (Å²) in [5.41, 5.74) is -0.458. The minimum atomic E-state index is -3.13. The Kier molecular flexibility index (Phi) is 3.33. The third-order valence-electron chi connectivity index (χ3n) is 3.58. The third kappa shape index (κ3) is 2.73. The van der Waals surface area contributed by atoms with Crippen LogP contribution in [0, 0.1) is 6.92 Å². The second kappa shape index (κ2) is 4.89. The summed E-state index contributed by atoms with van der Waals surface area (Å²) in [5.74, 6) is 0.919. The summed E-state index contributed by atoms with van der Waals surface area (Å²) in [4.78, 5) is 11.3. The zero-order chi connectivity index (χ0) is 14.3. The molecule has 0 amide bonds. The minimum absolute atomic E-state index is 0.188. The Labute approximate surface area is 117 Å². The highest BCUT2D eigenvalue weighted by Crippen LogP contribution is 2.33. The molecule has 0 unspecified atom stereocenters. The number of sulfonamides is 1. The molecule has 110 valence electrons. The van der Waals surface area contributed by atoms with Crippen molar-refractivity contribution in [2.45, 2.75) is 37.5 Å². The molecule has 2 heterocycles. The first-order valence-electron chi connectivity index (χ1n) is 6.72. The summed E-state index contributed by atoms with van der Waals surface area (Å²) >= 11 is 0. The van der Waals surface area contributed by atoms with E-state index >= 15 is 0 Å². The van der Waals surface area contributed by atoms with Crippen molar-refractivity contribution in [2.24, 2.45) is 0 Å². The Morgan fingerprint density at radius 3 is 2.70 bits per heavy atom. The molecule has 6 nitrogen and oxygen atoms in total. The van der Waals surface area contributed by atoms with Crippen molar-refractivity contribution in [2.75, 3.05) is 13.1 Å². The van der Waals surface area contributed by atoms with Gasteiger partial charge < -0.3 is 9.15 Å². The van der Waals surface area contributed by atoms with E-state index in [-0.39, 0.29) is 11.4 Å². The van der Waals surface area contributed by atoms with E-state index in [4.69, 9.17) is 9.15 Å². The van der Waals surface area contributed by atoms with Gasteiger partial charge in [0, 0.05) is 12.6 Å². The molecule has 1 aromatic rings. The van der Waals surface area contributed by atoms with Crippen LogP contribution in [0.25, 0.3) is 0 Å². The highest BCUT2D eigenvalue weighted by Gasteiger charge is 2.43. The lowest BCUT2D eigenvalue weighted by molar-refractivity contribution is 0.213. The van der Waals surface area contributed by atoms with Crippen LogP contribution < -0.4 is 10.4 Å². The van der Waals surface area contributed by atoms with E-state index in [9.17, 15) is 13.2 Å². The van der Waals surface area contributed by atoms with Crippen LogP contribution >= 0.6 is 0 Å². The number of hydrogen-bond donors (Lipinski definition) is 0. The van der Waals surface area contributed by atoms with E-state index in [1.807, 2.05) is 0 Å². The molecule has 0 bridgehead atoms. The van der Waals surface area contributed by atoms with Crippen molar-refractivity contribution in [3.63, 3.8) is 0 Å². The summed E-state index contributed by atoms with van der Waals surface area (Å²) in [7, 11) is -3.13. The monoisotopic (exact) mass is 299 g/mol. The molecular weight excluding hydrogens is 282 g/mol. The number of nitrogens with zero attached hydrogens (tertiary/aromatic N) is 1. The first-order valence-corrected chi connectivity index (χ1v) is 8.23. The molecule has 0 spiro atoms. The SMILES string of the molecule is Cc1cc(O[C@H]2CCN(S(=O)(=O)C3CC3)C2)cc(=O)o1. The maximum absolute atomic E-state index is 12.1. The van der Waals surface area contributed by atoms with Gasteiger partial charge in [0.2, 0.25) is 10.0 Å². The summed E-state index contributed by atoms with van der Waals surface area (Å²) in [6.07, 6.45) is 1.97. The van der Waals surface area contributed by atoms with Crippen LogP contribution in [-0.4, -0.2) is 37.2 Å². The van der Waals surface area contributed by atoms with Gasteiger partial charge >= 0.3 is 5.63 Å². The number of rotatable bonds is 4. The molecule has 1 aliphatic carbocycles. The van der Waals surface area contributed by atoms with Gasteiger partial charge in [-0.3, -0.25) is 0 Å². The Bertz CT molecular complexity index is 662. The average Bonchev–Trinajstić information content (AvgIpc) is 3.10. The standard InChI is InChI=1S/C13H17NO5S/c1-9-6-11(7-13(15)18-9)19-10-4-5-14(8-10)20(16,17)12-2-3-12/h6-7,10,12H,2-5,8H2,1H3/t10-/m0/s1. The quantitative estimate of drug-likeness (QED) is 0.825. The van der Waals surface area contributed by atoms with E-state index in [1.165, 1.54) is 10.4 Å². The molecule has 2 aliphatic rings. The lowest BCUT2D eigenvalue weighted by Gasteiger charge is -2.16. The van der Waals surface area contributed by atoms with Crippen molar-refractivity contribution >= 4 is 10.0 Å². The van der Waals surface area contributed by atoms with Crippen molar-refractivity contribution in [1.29, 1.82) is 0 Å². The molecule has 1 saturated carbocycles. The third-order valence-corrected chi connectivity index (χ3v) is 5.95. The van der Waals surface area contributed by atoms with Crippen molar-refractivity contribution in [3.8, 4) is 5.75 Å². The zero-order valence-electron chi connectivity index (χ0n) is 11.2. The Hall–Kier alpha value is -1.34. The summed E-state index contributed by atoms with van der Waals surface area (Å²) in [6, 6.07) is 2.92. The van der Waals surface area contributed by atoms with Gasteiger partial charge in [0.25, 0.3) is 0 Å². The van der Waals surface area contributed by atoms with Crippen molar-refractivity contribution < 1.29 is 17.6 Å². The maximum atomic E-state index is 12.1. The highest BCUT2D eigenvalue weighted by atomic mass is 32.2. The van der Waals surface area contributed by atoms with Crippen molar-refractivity contribution in [3.05, 3.63) is 28.3 Å². The normalized spacial score (nSPS) is 23.9. The van der Waals surface area contributed by atoms with Gasteiger partial charge in [-0.25, -0.2) is 13.2 Å². The van der Waals surface area contributed by atoms with E-state index in [2.05, 4.69) is 0 Å². The van der Waals surface area contributed by atoms with Gasteiger partial charge in [0.05, 0.1) is 17.9 Å². The fourth-order valence-corrected chi connectivity index (χ4v) is 4.33. The van der Waals surface area contributed by atoms with E-state index < -0.39 is 15.6 Å². The fraction of sp³-hybridized carbons (Fsp3) is 0.615. The Morgan fingerprint density at radius 2 is 2.05 bits per heavy atom. The molecule has 1 saturated heterocycles. The second-order valence-corrected chi connectivity index (χ2v) is 7.57. The molecular formula is C13H17NO5S. The molecule has 1 atom stereocenters. The molecule has 0 aromatic carbocycles. The molecule has 0 radical (unpaired) electrons. The van der Waals surface area contributed by atoms with Gasteiger partial charge in [-0.05, 0) is 26.2 Å². The van der Waals surface area contributed by atoms with Gasteiger partial charge in [-0.2, -0.15) is 4.31 Å². The van der Waals surface area contributed by atoms with Crippen LogP contribution in [-0.2, 0) is 10.0 Å². The van der Waals surface area contributed by atoms with E-state index in [0.717, 1.165) is 12.8 Å². The first kappa shape index (κ1) is 13.6.